The van der Waals surface area contributed by atoms with E-state index in [0.29, 0.717) is 5.65 Å². The second kappa shape index (κ2) is 4.88. The van der Waals surface area contributed by atoms with Crippen molar-refractivity contribution in [2.45, 2.75) is 52.4 Å². The summed E-state index contributed by atoms with van der Waals surface area (Å²) in [6.45, 7) is 12.7. The van der Waals surface area contributed by atoms with E-state index in [1.54, 1.807) is 6.07 Å². The quantitative estimate of drug-likeness (QED) is 0.593. The first-order chi connectivity index (χ1) is 10.6. The van der Waals surface area contributed by atoms with Gasteiger partial charge in [-0.2, -0.15) is 4.98 Å². The molecule has 0 aliphatic rings. The Morgan fingerprint density at radius 1 is 0.913 bits per heavy atom. The number of rotatable bonds is 0. The molecule has 3 aromatic heterocycles. The van der Waals surface area contributed by atoms with Gasteiger partial charge in [-0.05, 0) is 18.2 Å². The van der Waals surface area contributed by atoms with Gasteiger partial charge < -0.3 is 4.40 Å². The van der Waals surface area contributed by atoms with Crippen molar-refractivity contribution < 1.29 is 0 Å². The summed E-state index contributed by atoms with van der Waals surface area (Å²) in [5.41, 5.74) is 3.17. The van der Waals surface area contributed by atoms with Gasteiger partial charge >= 0.3 is 0 Å². The van der Waals surface area contributed by atoms with E-state index in [9.17, 15) is 4.79 Å². The molecular weight excluding hydrogens is 286 g/mol. The number of fused-ring (bicyclic) bond motifs is 3. The first-order valence-corrected chi connectivity index (χ1v) is 7.91. The van der Waals surface area contributed by atoms with Gasteiger partial charge in [0.25, 0.3) is 5.56 Å². The molecule has 0 aliphatic heterocycles. The monoisotopic (exact) mass is 309 g/mol. The maximum Gasteiger partial charge on any atom is 0.273 e. The third-order valence-electron chi connectivity index (χ3n) is 4.05. The molecule has 0 unspecified atom stereocenters. The molecule has 0 bridgehead atoms. The molecule has 3 heterocycles. The molecule has 0 atom stereocenters. The second-order valence-corrected chi connectivity index (χ2v) is 8.12. The first-order valence-electron chi connectivity index (χ1n) is 7.91. The summed E-state index contributed by atoms with van der Waals surface area (Å²) in [5, 5.41) is 0.906. The van der Waals surface area contributed by atoms with Crippen LogP contribution in [-0.2, 0) is 10.8 Å². The fourth-order valence-electron chi connectivity index (χ4n) is 2.76. The third kappa shape index (κ3) is 2.74. The normalized spacial score (nSPS) is 13.0. The van der Waals surface area contributed by atoms with Crippen molar-refractivity contribution in [3.05, 3.63) is 52.2 Å². The van der Waals surface area contributed by atoms with Gasteiger partial charge in [0.15, 0.2) is 5.65 Å². The Bertz CT molecular complexity index is 956. The molecule has 3 rings (SSSR count). The Balaban J connectivity index is 2.41. The molecule has 120 valence electrons. The van der Waals surface area contributed by atoms with Crippen LogP contribution in [0.3, 0.4) is 0 Å². The summed E-state index contributed by atoms with van der Waals surface area (Å²) in [6, 6.07) is 7.67. The van der Waals surface area contributed by atoms with Gasteiger partial charge in [0.1, 0.15) is 0 Å². The number of hydrogen-bond donors (Lipinski definition) is 0. The highest BCUT2D eigenvalue weighted by molar-refractivity contribution is 5.91. The lowest BCUT2D eigenvalue weighted by molar-refractivity contribution is 0.557. The van der Waals surface area contributed by atoms with Crippen molar-refractivity contribution in [2.75, 3.05) is 0 Å². The molecule has 23 heavy (non-hydrogen) atoms. The number of hydrogen-bond acceptors (Lipinski definition) is 3. The summed E-state index contributed by atoms with van der Waals surface area (Å²) in [4.78, 5) is 21.1. The van der Waals surface area contributed by atoms with Crippen molar-refractivity contribution in [1.82, 2.24) is 14.4 Å². The summed E-state index contributed by atoms with van der Waals surface area (Å²) in [6.07, 6.45) is 1.96. The number of nitrogens with zero attached hydrogens (tertiary/aromatic N) is 3. The average Bonchev–Trinajstić information content (AvgIpc) is 2.43. The van der Waals surface area contributed by atoms with Crippen LogP contribution >= 0.6 is 0 Å². The third-order valence-corrected chi connectivity index (χ3v) is 4.05. The molecule has 0 amide bonds. The van der Waals surface area contributed by atoms with Gasteiger partial charge in [0.05, 0.1) is 5.52 Å². The van der Waals surface area contributed by atoms with Crippen molar-refractivity contribution in [2.24, 2.45) is 0 Å². The zero-order valence-corrected chi connectivity index (χ0v) is 14.6. The van der Waals surface area contributed by atoms with Gasteiger partial charge in [-0.15, -0.1) is 0 Å². The fraction of sp³-hybridized carbons (Fsp3) is 0.421. The van der Waals surface area contributed by atoms with Crippen LogP contribution in [0, 0.1) is 0 Å². The van der Waals surface area contributed by atoms with E-state index in [0.717, 1.165) is 22.3 Å². The van der Waals surface area contributed by atoms with E-state index in [2.05, 4.69) is 46.5 Å². The van der Waals surface area contributed by atoms with Crippen LogP contribution in [0.5, 0.6) is 0 Å². The van der Waals surface area contributed by atoms with Crippen LogP contribution < -0.4 is 5.56 Å². The van der Waals surface area contributed by atoms with Gasteiger partial charge in [0, 0.05) is 39.9 Å². The molecule has 0 aliphatic carbocycles. The lowest BCUT2D eigenvalue weighted by atomic mass is 9.91. The van der Waals surface area contributed by atoms with Crippen LogP contribution in [0.4, 0.5) is 0 Å². The van der Waals surface area contributed by atoms with Crippen molar-refractivity contribution in [3.63, 3.8) is 0 Å². The molecule has 0 radical (unpaired) electrons. The van der Waals surface area contributed by atoms with Crippen LogP contribution in [0.2, 0.25) is 0 Å². The fourth-order valence-corrected chi connectivity index (χ4v) is 2.76. The van der Waals surface area contributed by atoms with E-state index in [-0.39, 0.29) is 16.4 Å². The van der Waals surface area contributed by atoms with Crippen molar-refractivity contribution >= 4 is 16.6 Å². The molecule has 0 N–H and O–H groups in total. The standard InChI is InChI=1S/C19H23N3O/c1-18(2,3)14-8-7-12-13(20-14)9-10-22-15(19(4,5)6)11-16(23)21-17(12)22/h7-11H,1-6H3. The van der Waals surface area contributed by atoms with Crippen LogP contribution in [-0.4, -0.2) is 14.4 Å². The molecule has 0 spiro atoms. The highest BCUT2D eigenvalue weighted by Gasteiger charge is 2.20. The minimum atomic E-state index is -0.206. The smallest absolute Gasteiger partial charge is 0.273 e. The molecule has 0 aromatic carbocycles. The average molecular weight is 309 g/mol. The van der Waals surface area contributed by atoms with Crippen LogP contribution in [0.25, 0.3) is 16.6 Å². The van der Waals surface area contributed by atoms with Crippen molar-refractivity contribution in [3.8, 4) is 0 Å². The van der Waals surface area contributed by atoms with Gasteiger partial charge in [-0.3, -0.25) is 9.78 Å². The Kier molecular flexibility index (Phi) is 3.32. The van der Waals surface area contributed by atoms with Gasteiger partial charge in [-0.25, -0.2) is 0 Å². The summed E-state index contributed by atoms with van der Waals surface area (Å²) in [7, 11) is 0. The van der Waals surface area contributed by atoms with E-state index >= 15 is 0 Å². The Morgan fingerprint density at radius 3 is 2.22 bits per heavy atom. The Morgan fingerprint density at radius 2 is 1.61 bits per heavy atom. The summed E-state index contributed by atoms with van der Waals surface area (Å²) < 4.78 is 2.00. The Hall–Kier alpha value is -2.23. The topological polar surface area (TPSA) is 47.3 Å². The molecule has 3 aromatic rings. The van der Waals surface area contributed by atoms with E-state index in [4.69, 9.17) is 4.98 Å². The first kappa shape index (κ1) is 15.7. The van der Waals surface area contributed by atoms with Crippen LogP contribution in [0.1, 0.15) is 52.9 Å². The van der Waals surface area contributed by atoms with Gasteiger partial charge in [0.2, 0.25) is 0 Å². The lowest BCUT2D eigenvalue weighted by Gasteiger charge is -2.22. The number of pyridine rings is 2. The minimum Gasteiger partial charge on any atom is -0.304 e. The molecular formula is C19H23N3O. The zero-order chi connectivity index (χ0) is 17.0. The highest BCUT2D eigenvalue weighted by atomic mass is 16.1. The highest BCUT2D eigenvalue weighted by Crippen LogP contribution is 2.27. The minimum absolute atomic E-state index is 0.0132. The molecule has 4 nitrogen and oxygen atoms in total. The zero-order valence-electron chi connectivity index (χ0n) is 14.6. The van der Waals surface area contributed by atoms with Gasteiger partial charge in [-0.1, -0.05) is 41.5 Å². The molecule has 0 fully saturated rings. The largest absolute Gasteiger partial charge is 0.304 e. The van der Waals surface area contributed by atoms with E-state index in [1.165, 1.54) is 0 Å². The van der Waals surface area contributed by atoms with Crippen LogP contribution in [0.15, 0.2) is 35.3 Å². The van der Waals surface area contributed by atoms with Crippen molar-refractivity contribution in [1.29, 1.82) is 0 Å². The molecule has 4 heteroatoms. The molecule has 0 saturated heterocycles. The molecule has 0 saturated carbocycles. The number of aromatic nitrogens is 3. The maximum absolute atomic E-state index is 12.1. The van der Waals surface area contributed by atoms with E-state index in [1.807, 2.05) is 28.8 Å². The maximum atomic E-state index is 12.1. The predicted octanol–water partition coefficient (Wildman–Crippen LogP) is 3.84. The predicted molar refractivity (Wildman–Crippen MR) is 94.2 cm³/mol. The summed E-state index contributed by atoms with van der Waals surface area (Å²) >= 11 is 0. The lowest BCUT2D eigenvalue weighted by Crippen LogP contribution is -2.22. The Labute approximate surface area is 136 Å². The summed E-state index contributed by atoms with van der Waals surface area (Å²) in [5.74, 6) is 0. The SMILES string of the molecule is CC(C)(C)c1ccc2c(ccn3c(C(C)(C)C)cc(=O)nc23)n1. The second-order valence-electron chi connectivity index (χ2n) is 8.12. The van der Waals surface area contributed by atoms with E-state index < -0.39 is 0 Å².